The zero-order valence-electron chi connectivity index (χ0n) is 18.0. The molecule has 3 rings (SSSR count). The van der Waals surface area contributed by atoms with Crippen molar-refractivity contribution in [1.29, 1.82) is 0 Å². The molecule has 31 heavy (non-hydrogen) atoms. The molecule has 0 saturated carbocycles. The van der Waals surface area contributed by atoms with Crippen molar-refractivity contribution < 1.29 is 13.9 Å². The molecule has 3 aromatic rings. The van der Waals surface area contributed by atoms with E-state index < -0.39 is 5.82 Å². The molecule has 160 valence electrons. The van der Waals surface area contributed by atoms with Gasteiger partial charge in [-0.25, -0.2) is 9.37 Å². The van der Waals surface area contributed by atoms with Gasteiger partial charge in [0.2, 0.25) is 5.95 Å². The van der Waals surface area contributed by atoms with Gasteiger partial charge in [-0.15, -0.1) is 0 Å². The average molecular weight is 420 g/mol. The third-order valence-electron chi connectivity index (χ3n) is 4.93. The minimum absolute atomic E-state index is 0.0857. The Labute approximate surface area is 181 Å². The summed E-state index contributed by atoms with van der Waals surface area (Å²) in [4.78, 5) is 20.8. The number of benzene rings is 2. The summed E-state index contributed by atoms with van der Waals surface area (Å²) in [6.07, 6.45) is 2.78. The third-order valence-corrected chi connectivity index (χ3v) is 4.93. The molecule has 6 nitrogen and oxygen atoms in total. The molecule has 7 heteroatoms. The first-order valence-corrected chi connectivity index (χ1v) is 9.78. The van der Waals surface area contributed by atoms with E-state index in [1.165, 1.54) is 6.08 Å². The number of aromatic nitrogens is 2. The minimum atomic E-state index is -0.419. The second-order valence-corrected chi connectivity index (χ2v) is 7.23. The number of ketones is 1. The molecule has 1 heterocycles. The monoisotopic (exact) mass is 420 g/mol. The van der Waals surface area contributed by atoms with Gasteiger partial charge in [0.05, 0.1) is 7.11 Å². The van der Waals surface area contributed by atoms with Crippen molar-refractivity contribution in [3.8, 4) is 5.75 Å². The van der Waals surface area contributed by atoms with Crippen LogP contribution in [0.2, 0.25) is 0 Å². The highest BCUT2D eigenvalue weighted by atomic mass is 19.1. The smallest absolute Gasteiger partial charge is 0.229 e. The zero-order chi connectivity index (χ0) is 22.5. The summed E-state index contributed by atoms with van der Waals surface area (Å²) in [5.74, 6) is 0.916. The van der Waals surface area contributed by atoms with Crippen LogP contribution in [0.3, 0.4) is 0 Å². The summed E-state index contributed by atoms with van der Waals surface area (Å²) >= 11 is 0. The Hall–Kier alpha value is -3.74. The maximum Gasteiger partial charge on any atom is 0.229 e. The fourth-order valence-corrected chi connectivity index (χ4v) is 3.01. The first kappa shape index (κ1) is 22.0. The van der Waals surface area contributed by atoms with E-state index in [2.05, 4.69) is 27.2 Å². The lowest BCUT2D eigenvalue weighted by Crippen LogP contribution is -2.09. The number of methoxy groups -OCH3 is 1. The van der Waals surface area contributed by atoms with Gasteiger partial charge < -0.3 is 15.4 Å². The van der Waals surface area contributed by atoms with Crippen molar-refractivity contribution in [2.45, 2.75) is 27.2 Å². The highest BCUT2D eigenvalue weighted by Crippen LogP contribution is 2.29. The minimum Gasteiger partial charge on any atom is -0.497 e. The van der Waals surface area contributed by atoms with Gasteiger partial charge in [0.1, 0.15) is 17.4 Å². The van der Waals surface area contributed by atoms with Crippen molar-refractivity contribution in [2.24, 2.45) is 0 Å². The van der Waals surface area contributed by atoms with Crippen LogP contribution in [0, 0.1) is 26.6 Å². The predicted molar refractivity (Wildman–Crippen MR) is 121 cm³/mol. The Kier molecular flexibility index (Phi) is 6.65. The molecule has 0 unspecified atom stereocenters. The van der Waals surface area contributed by atoms with E-state index in [0.717, 1.165) is 16.8 Å². The van der Waals surface area contributed by atoms with Crippen LogP contribution in [0.1, 0.15) is 22.3 Å². The lowest BCUT2D eigenvalue weighted by molar-refractivity contribution is -0.114. The maximum absolute atomic E-state index is 14.8. The third kappa shape index (κ3) is 5.06. The number of allylic oxidation sites excluding steroid dienone is 1. The molecule has 0 bridgehead atoms. The Balaban J connectivity index is 1.94. The number of aryl methyl sites for hydroxylation is 3. The van der Waals surface area contributed by atoms with Gasteiger partial charge in [-0.3, -0.25) is 4.79 Å². The van der Waals surface area contributed by atoms with Gasteiger partial charge in [-0.2, -0.15) is 4.98 Å². The molecular weight excluding hydrogens is 395 g/mol. The maximum atomic E-state index is 14.8. The number of nitrogens with one attached hydrogen (secondary N) is 2. The Morgan fingerprint density at radius 2 is 1.84 bits per heavy atom. The molecule has 0 radical (unpaired) electrons. The summed E-state index contributed by atoms with van der Waals surface area (Å²) in [5.41, 5.74) is 3.81. The molecular formula is C24H25FN4O2. The number of carbonyl (C=O) groups is 1. The molecule has 0 aliphatic heterocycles. The first-order valence-electron chi connectivity index (χ1n) is 9.78. The lowest BCUT2D eigenvalue weighted by atomic mass is 10.0. The molecule has 2 aromatic carbocycles. The van der Waals surface area contributed by atoms with E-state index in [9.17, 15) is 9.18 Å². The van der Waals surface area contributed by atoms with Gasteiger partial charge in [0.25, 0.3) is 0 Å². The van der Waals surface area contributed by atoms with E-state index in [0.29, 0.717) is 28.8 Å². The van der Waals surface area contributed by atoms with Gasteiger partial charge in [0.15, 0.2) is 5.78 Å². The number of rotatable bonds is 8. The van der Waals surface area contributed by atoms with Gasteiger partial charge in [0, 0.05) is 41.2 Å². The van der Waals surface area contributed by atoms with Crippen LogP contribution >= 0.6 is 0 Å². The molecule has 0 fully saturated rings. The van der Waals surface area contributed by atoms with Crippen molar-refractivity contribution in [1.82, 2.24) is 9.97 Å². The normalized spacial score (nSPS) is 10.5. The highest BCUT2D eigenvalue weighted by Gasteiger charge is 2.16. The second kappa shape index (κ2) is 9.38. The zero-order valence-corrected chi connectivity index (χ0v) is 18.0. The van der Waals surface area contributed by atoms with Crippen LogP contribution < -0.4 is 15.4 Å². The quantitative estimate of drug-likeness (QED) is 0.480. The fourth-order valence-electron chi connectivity index (χ4n) is 3.01. The van der Waals surface area contributed by atoms with Crippen molar-refractivity contribution in [3.63, 3.8) is 0 Å². The summed E-state index contributed by atoms with van der Waals surface area (Å²) in [6.45, 7) is 8.95. The number of halogens is 1. The number of carbonyl (C=O) groups excluding carboxylic acids is 1. The molecule has 0 spiro atoms. The molecule has 0 saturated heterocycles. The number of ether oxygens (including phenoxy) is 1. The Bertz CT molecular complexity index is 1140. The molecule has 2 N–H and O–H groups in total. The number of hydrogen-bond acceptors (Lipinski definition) is 6. The number of hydrogen-bond donors (Lipinski definition) is 2. The van der Waals surface area contributed by atoms with E-state index in [-0.39, 0.29) is 17.8 Å². The standard InChI is InChI=1S/C24H25FN4O2/c1-6-17(30)11-19-20(10-8-15(3)22(19)25)27-23-16(4)13-26-24(29-23)28-21-12-18(31-5)9-7-14(21)2/h6-10,12-13H,1,11H2,2-5H3,(H2,26,27,28,29). The summed E-state index contributed by atoms with van der Waals surface area (Å²) < 4.78 is 20.0. The van der Waals surface area contributed by atoms with E-state index in [1.54, 1.807) is 32.4 Å². The molecule has 0 atom stereocenters. The van der Waals surface area contributed by atoms with Crippen LogP contribution in [0.15, 0.2) is 49.2 Å². The highest BCUT2D eigenvalue weighted by molar-refractivity contribution is 5.92. The number of nitrogens with zero attached hydrogens (tertiary/aromatic N) is 2. The first-order chi connectivity index (χ1) is 14.8. The summed E-state index contributed by atoms with van der Waals surface area (Å²) in [7, 11) is 1.61. The van der Waals surface area contributed by atoms with E-state index >= 15 is 0 Å². The SMILES string of the molecule is C=CC(=O)Cc1c(Nc2nc(Nc3cc(OC)ccc3C)ncc2C)ccc(C)c1F. The average Bonchev–Trinajstić information content (AvgIpc) is 2.76. The predicted octanol–water partition coefficient (Wildman–Crippen LogP) is 5.33. The number of anilines is 4. The van der Waals surface area contributed by atoms with Crippen molar-refractivity contribution in [3.05, 3.63) is 77.3 Å². The lowest BCUT2D eigenvalue weighted by Gasteiger charge is -2.16. The van der Waals surface area contributed by atoms with Crippen LogP contribution in [-0.2, 0) is 11.2 Å². The Morgan fingerprint density at radius 1 is 1.10 bits per heavy atom. The van der Waals surface area contributed by atoms with Gasteiger partial charge >= 0.3 is 0 Å². The van der Waals surface area contributed by atoms with Crippen LogP contribution in [0.4, 0.5) is 27.5 Å². The molecule has 0 aliphatic carbocycles. The summed E-state index contributed by atoms with van der Waals surface area (Å²) in [6, 6.07) is 9.08. The molecule has 1 aromatic heterocycles. The fraction of sp³-hybridized carbons (Fsp3) is 0.208. The van der Waals surface area contributed by atoms with E-state index in [4.69, 9.17) is 4.74 Å². The van der Waals surface area contributed by atoms with Gasteiger partial charge in [-0.05, 0) is 50.1 Å². The Morgan fingerprint density at radius 3 is 2.55 bits per heavy atom. The van der Waals surface area contributed by atoms with Crippen LogP contribution in [-0.4, -0.2) is 22.9 Å². The van der Waals surface area contributed by atoms with Crippen LogP contribution in [0.25, 0.3) is 0 Å². The molecule has 0 amide bonds. The van der Waals surface area contributed by atoms with Crippen molar-refractivity contribution >= 4 is 28.9 Å². The topological polar surface area (TPSA) is 76.1 Å². The van der Waals surface area contributed by atoms with Crippen molar-refractivity contribution in [2.75, 3.05) is 17.7 Å². The van der Waals surface area contributed by atoms with E-state index in [1.807, 2.05) is 32.0 Å². The van der Waals surface area contributed by atoms with Crippen LogP contribution in [0.5, 0.6) is 5.75 Å². The summed E-state index contributed by atoms with van der Waals surface area (Å²) in [5, 5.41) is 6.35. The molecule has 0 aliphatic rings. The second-order valence-electron chi connectivity index (χ2n) is 7.23. The van der Waals surface area contributed by atoms with Gasteiger partial charge in [-0.1, -0.05) is 18.7 Å². The largest absolute Gasteiger partial charge is 0.497 e.